The van der Waals surface area contributed by atoms with Crippen LogP contribution < -0.4 is 0 Å². The van der Waals surface area contributed by atoms with E-state index in [0.29, 0.717) is 0 Å². The first-order valence-electron chi connectivity index (χ1n) is 22.1. The molecule has 0 saturated heterocycles. The SMILES string of the molecule is c1ccc(-n2c3ccccc3c3cc(-c4cnc5c(c4)C4(c6ccccc6Sc6cc7c(cc64)-c4ccccc4C74c6ccccc6-c6ccccc64)c4cccnc4-5)ccc32)cc1. The summed E-state index contributed by atoms with van der Waals surface area (Å²) in [7, 11) is 0. The molecule has 1 unspecified atom stereocenters. The zero-order valence-corrected chi connectivity index (χ0v) is 35.3. The van der Waals surface area contributed by atoms with Crippen LogP contribution in [0.1, 0.15) is 44.5 Å². The lowest BCUT2D eigenvalue weighted by Gasteiger charge is -2.40. The van der Waals surface area contributed by atoms with Crippen LogP contribution in [0.3, 0.4) is 0 Å². The second-order valence-electron chi connectivity index (χ2n) is 17.6. The largest absolute Gasteiger partial charge is 0.309 e. The summed E-state index contributed by atoms with van der Waals surface area (Å²) in [6, 6.07) is 74.7. The molecule has 1 aliphatic heterocycles. The fourth-order valence-corrected chi connectivity index (χ4v) is 13.6. The molecular weight excluding hydrogens is 795 g/mol. The molecule has 0 N–H and O–H groups in total. The van der Waals surface area contributed by atoms with Crippen molar-refractivity contribution < 1.29 is 0 Å². The molecule has 0 bridgehead atoms. The fraction of sp³-hybridized carbons (Fsp3) is 0.0333. The summed E-state index contributed by atoms with van der Waals surface area (Å²) < 4.78 is 2.38. The van der Waals surface area contributed by atoms with Gasteiger partial charge in [0.25, 0.3) is 0 Å². The van der Waals surface area contributed by atoms with E-state index in [1.54, 1.807) is 0 Å². The number of rotatable bonds is 2. The van der Waals surface area contributed by atoms with E-state index >= 15 is 0 Å². The Balaban J connectivity index is 1.01. The molecule has 3 aromatic heterocycles. The smallest absolute Gasteiger partial charge is 0.0937 e. The van der Waals surface area contributed by atoms with Crippen molar-refractivity contribution in [2.75, 3.05) is 0 Å². The summed E-state index contributed by atoms with van der Waals surface area (Å²) in [6.45, 7) is 0. The van der Waals surface area contributed by atoms with Crippen LogP contribution in [0.2, 0.25) is 0 Å². The highest BCUT2D eigenvalue weighted by Crippen LogP contribution is 2.67. The van der Waals surface area contributed by atoms with Gasteiger partial charge in [-0.05, 0) is 127 Å². The molecule has 8 aromatic carbocycles. The minimum absolute atomic E-state index is 0.428. The molecule has 4 heteroatoms. The lowest BCUT2D eigenvalue weighted by atomic mass is 9.66. The van der Waals surface area contributed by atoms with Crippen molar-refractivity contribution >= 4 is 33.6 Å². The topological polar surface area (TPSA) is 30.7 Å². The molecule has 4 heterocycles. The predicted octanol–water partition coefficient (Wildman–Crippen LogP) is 14.4. The van der Waals surface area contributed by atoms with Crippen molar-refractivity contribution in [1.29, 1.82) is 0 Å². The van der Waals surface area contributed by atoms with Gasteiger partial charge >= 0.3 is 0 Å². The molecule has 64 heavy (non-hydrogen) atoms. The summed E-state index contributed by atoms with van der Waals surface area (Å²) in [5.41, 5.74) is 22.2. The van der Waals surface area contributed by atoms with Gasteiger partial charge in [-0.2, -0.15) is 0 Å². The summed E-state index contributed by atoms with van der Waals surface area (Å²) in [5, 5.41) is 2.46. The maximum atomic E-state index is 5.41. The molecule has 2 spiro atoms. The van der Waals surface area contributed by atoms with Crippen molar-refractivity contribution in [3.8, 4) is 50.5 Å². The Bertz CT molecular complexity index is 3800. The normalized spacial score (nSPS) is 16.2. The van der Waals surface area contributed by atoms with Crippen LogP contribution in [0.5, 0.6) is 0 Å². The first-order valence-corrected chi connectivity index (χ1v) is 22.9. The third-order valence-corrected chi connectivity index (χ3v) is 15.9. The number of para-hydroxylation sites is 2. The van der Waals surface area contributed by atoms with Crippen LogP contribution >= 0.6 is 11.8 Å². The summed E-state index contributed by atoms with van der Waals surface area (Å²) in [4.78, 5) is 13.1. The highest BCUT2D eigenvalue weighted by atomic mass is 32.2. The standard InChI is InChI=1S/C60H35N3S/c1-2-15-38(16-3-1)63-53-26-12-7-20-42(53)44-31-36(28-29-54(44)63)37-32-52-58(62-35-37)57-49(25-14-30-61-57)60(52)48-24-11-13-27-55(48)64-56-34-50-43(33-51(56)60)41-19-6-10-23-47(41)59(50)45-21-8-4-17-39(45)40-18-5-9-22-46(40)59/h1-35H. The second kappa shape index (κ2) is 12.4. The average Bonchev–Trinajstić information content (AvgIpc) is 4.04. The molecular formula is C60H35N3S. The highest BCUT2D eigenvalue weighted by molar-refractivity contribution is 7.99. The maximum absolute atomic E-state index is 5.41. The predicted molar refractivity (Wildman–Crippen MR) is 260 cm³/mol. The van der Waals surface area contributed by atoms with Gasteiger partial charge in [-0.25, -0.2) is 0 Å². The number of aromatic nitrogens is 3. The van der Waals surface area contributed by atoms with E-state index in [4.69, 9.17) is 9.97 Å². The van der Waals surface area contributed by atoms with E-state index in [1.165, 1.54) is 98.4 Å². The molecule has 0 radical (unpaired) electrons. The van der Waals surface area contributed by atoms with Gasteiger partial charge < -0.3 is 4.57 Å². The van der Waals surface area contributed by atoms with E-state index in [-0.39, 0.29) is 0 Å². The molecule has 0 amide bonds. The monoisotopic (exact) mass is 829 g/mol. The zero-order valence-electron chi connectivity index (χ0n) is 34.5. The van der Waals surface area contributed by atoms with E-state index in [1.807, 2.05) is 18.0 Å². The Labute approximate surface area is 374 Å². The maximum Gasteiger partial charge on any atom is 0.0937 e. The van der Waals surface area contributed by atoms with Crippen molar-refractivity contribution in [1.82, 2.24) is 14.5 Å². The average molecular weight is 830 g/mol. The zero-order chi connectivity index (χ0) is 41.7. The molecule has 3 nitrogen and oxygen atoms in total. The van der Waals surface area contributed by atoms with E-state index in [0.717, 1.165) is 28.2 Å². The van der Waals surface area contributed by atoms with Crippen molar-refractivity contribution in [3.63, 3.8) is 0 Å². The first kappa shape index (κ1) is 34.8. The van der Waals surface area contributed by atoms with E-state index < -0.39 is 10.8 Å². The van der Waals surface area contributed by atoms with Crippen LogP contribution in [0.25, 0.3) is 72.3 Å². The summed E-state index contributed by atoms with van der Waals surface area (Å²) in [6.07, 6.45) is 3.99. The molecule has 4 aliphatic rings. The number of benzene rings is 8. The third-order valence-electron chi connectivity index (χ3n) is 14.8. The Morgan fingerprint density at radius 3 is 1.75 bits per heavy atom. The van der Waals surface area contributed by atoms with Crippen LogP contribution in [0, 0.1) is 0 Å². The molecule has 15 rings (SSSR count). The minimum Gasteiger partial charge on any atom is -0.309 e. The van der Waals surface area contributed by atoms with E-state index in [2.05, 4.69) is 211 Å². The summed E-state index contributed by atoms with van der Waals surface area (Å²) in [5.74, 6) is 0. The molecule has 296 valence electrons. The van der Waals surface area contributed by atoms with Crippen molar-refractivity contribution in [2.45, 2.75) is 20.6 Å². The van der Waals surface area contributed by atoms with Gasteiger partial charge in [-0.3, -0.25) is 9.97 Å². The Kier molecular flexibility index (Phi) is 6.76. The van der Waals surface area contributed by atoms with Gasteiger partial charge in [0.05, 0.1) is 33.3 Å². The van der Waals surface area contributed by atoms with E-state index in [9.17, 15) is 0 Å². The number of pyridine rings is 2. The summed E-state index contributed by atoms with van der Waals surface area (Å²) >= 11 is 1.90. The lowest BCUT2D eigenvalue weighted by molar-refractivity contribution is 0.715. The highest BCUT2D eigenvalue weighted by Gasteiger charge is 2.55. The van der Waals surface area contributed by atoms with Crippen LogP contribution in [0.15, 0.2) is 222 Å². The van der Waals surface area contributed by atoms with Crippen LogP contribution in [-0.2, 0) is 10.8 Å². The third kappa shape index (κ3) is 4.15. The van der Waals surface area contributed by atoms with Gasteiger partial charge in [0, 0.05) is 49.8 Å². The van der Waals surface area contributed by atoms with Crippen LogP contribution in [0.4, 0.5) is 0 Å². The molecule has 11 aromatic rings. The number of fused-ring (bicyclic) bond motifs is 22. The second-order valence-corrected chi connectivity index (χ2v) is 18.7. The number of nitrogens with zero attached hydrogens (tertiary/aromatic N) is 3. The number of hydrogen-bond acceptors (Lipinski definition) is 3. The Hall–Kier alpha value is -7.79. The van der Waals surface area contributed by atoms with Crippen molar-refractivity contribution in [3.05, 3.63) is 257 Å². The van der Waals surface area contributed by atoms with Gasteiger partial charge in [-0.1, -0.05) is 151 Å². The van der Waals surface area contributed by atoms with Crippen molar-refractivity contribution in [2.24, 2.45) is 0 Å². The fourth-order valence-electron chi connectivity index (χ4n) is 12.4. The van der Waals surface area contributed by atoms with Gasteiger partial charge in [0.1, 0.15) is 0 Å². The molecule has 0 saturated carbocycles. The molecule has 1 atom stereocenters. The lowest BCUT2D eigenvalue weighted by Crippen LogP contribution is -2.33. The van der Waals surface area contributed by atoms with Gasteiger partial charge in [-0.15, -0.1) is 0 Å². The minimum atomic E-state index is -0.655. The van der Waals surface area contributed by atoms with Gasteiger partial charge in [0.2, 0.25) is 0 Å². The van der Waals surface area contributed by atoms with Gasteiger partial charge in [0.15, 0.2) is 0 Å². The number of hydrogen-bond donors (Lipinski definition) is 0. The van der Waals surface area contributed by atoms with Crippen LogP contribution in [-0.4, -0.2) is 14.5 Å². The quantitative estimate of drug-likeness (QED) is 0.174. The Morgan fingerprint density at radius 2 is 0.969 bits per heavy atom. The molecule has 3 aliphatic carbocycles. The molecule has 0 fully saturated rings. The first-order chi connectivity index (χ1) is 31.7. The Morgan fingerprint density at radius 1 is 0.359 bits per heavy atom.